The van der Waals surface area contributed by atoms with Crippen LogP contribution in [0.1, 0.15) is 31.1 Å². The topological polar surface area (TPSA) is 40.2 Å². The van der Waals surface area contributed by atoms with E-state index in [1.807, 2.05) is 16.9 Å². The third-order valence-corrected chi connectivity index (χ3v) is 4.20. The van der Waals surface area contributed by atoms with Gasteiger partial charge in [0.1, 0.15) is 0 Å². The van der Waals surface area contributed by atoms with Gasteiger partial charge in [0, 0.05) is 17.6 Å². The van der Waals surface area contributed by atoms with Gasteiger partial charge in [-0.25, -0.2) is 4.68 Å². The molecule has 4 nitrogen and oxygen atoms in total. The lowest BCUT2D eigenvalue weighted by Gasteiger charge is -2.23. The molecule has 4 rings (SSSR count). The average molecular weight is 282 g/mol. The minimum absolute atomic E-state index is 0.0659. The molecule has 0 bridgehead atoms. The Morgan fingerprint density at radius 1 is 1.29 bits per heavy atom. The van der Waals surface area contributed by atoms with Gasteiger partial charge in [0.25, 0.3) is 0 Å². The molecule has 1 aliphatic rings. The summed E-state index contributed by atoms with van der Waals surface area (Å²) < 4.78 is 13.1. The molecule has 0 radical (unpaired) electrons. The van der Waals surface area contributed by atoms with Crippen LogP contribution in [0.4, 0.5) is 0 Å². The zero-order chi connectivity index (χ0) is 14.2. The minimum atomic E-state index is 0.0659. The fourth-order valence-corrected chi connectivity index (χ4v) is 3.08. The van der Waals surface area contributed by atoms with Crippen LogP contribution in [0.3, 0.4) is 0 Å². The molecular weight excluding hydrogens is 264 g/mol. The average Bonchev–Trinajstić information content (AvgIpc) is 3.16. The highest BCUT2D eigenvalue weighted by Crippen LogP contribution is 2.31. The fourth-order valence-electron chi connectivity index (χ4n) is 3.08. The largest absolute Gasteiger partial charge is 0.472 e. The highest BCUT2D eigenvalue weighted by molar-refractivity contribution is 5.86. The maximum absolute atomic E-state index is 5.87. The Hall–Kier alpha value is -2.07. The van der Waals surface area contributed by atoms with Crippen molar-refractivity contribution in [2.45, 2.75) is 32.4 Å². The molecule has 21 heavy (non-hydrogen) atoms. The second-order valence-corrected chi connectivity index (χ2v) is 5.65. The SMILES string of the molecule is Cc1cc2cnn(C3CCCCO3)c2cc1-c1ccoc1. The minimum Gasteiger partial charge on any atom is -0.472 e. The molecule has 1 aliphatic heterocycles. The number of hydrogen-bond acceptors (Lipinski definition) is 3. The van der Waals surface area contributed by atoms with E-state index in [-0.39, 0.29) is 6.23 Å². The molecule has 0 saturated carbocycles. The molecule has 3 aromatic rings. The lowest BCUT2D eigenvalue weighted by molar-refractivity contribution is -0.0366. The Bertz CT molecular complexity index is 753. The van der Waals surface area contributed by atoms with E-state index in [9.17, 15) is 0 Å². The number of benzene rings is 1. The Labute approximate surface area is 123 Å². The van der Waals surface area contributed by atoms with Gasteiger partial charge in [-0.3, -0.25) is 0 Å². The van der Waals surface area contributed by atoms with Crippen LogP contribution in [0.15, 0.2) is 41.3 Å². The van der Waals surface area contributed by atoms with Crippen LogP contribution in [-0.2, 0) is 4.74 Å². The summed E-state index contributed by atoms with van der Waals surface area (Å²) in [5, 5.41) is 5.71. The first-order valence-electron chi connectivity index (χ1n) is 7.45. The lowest BCUT2D eigenvalue weighted by atomic mass is 10.0. The van der Waals surface area contributed by atoms with Gasteiger partial charge in [-0.05, 0) is 55.5 Å². The molecule has 108 valence electrons. The molecule has 0 aliphatic carbocycles. The molecule has 0 amide bonds. The number of fused-ring (bicyclic) bond motifs is 1. The van der Waals surface area contributed by atoms with Crippen molar-refractivity contribution in [1.29, 1.82) is 0 Å². The first-order valence-corrected chi connectivity index (χ1v) is 7.45. The van der Waals surface area contributed by atoms with E-state index < -0.39 is 0 Å². The van der Waals surface area contributed by atoms with Crippen LogP contribution in [0, 0.1) is 6.92 Å². The summed E-state index contributed by atoms with van der Waals surface area (Å²) in [7, 11) is 0. The second kappa shape index (κ2) is 5.04. The van der Waals surface area contributed by atoms with Gasteiger partial charge < -0.3 is 9.15 Å². The van der Waals surface area contributed by atoms with Crippen molar-refractivity contribution in [2.24, 2.45) is 0 Å². The van der Waals surface area contributed by atoms with Crippen LogP contribution < -0.4 is 0 Å². The molecule has 1 aromatic carbocycles. The van der Waals surface area contributed by atoms with E-state index in [1.165, 1.54) is 17.5 Å². The zero-order valence-corrected chi connectivity index (χ0v) is 12.1. The van der Waals surface area contributed by atoms with Gasteiger partial charge in [-0.1, -0.05) is 0 Å². The number of nitrogens with zero attached hydrogens (tertiary/aromatic N) is 2. The zero-order valence-electron chi connectivity index (χ0n) is 12.1. The van der Waals surface area contributed by atoms with Crippen LogP contribution in [-0.4, -0.2) is 16.4 Å². The number of furan rings is 1. The molecule has 2 aromatic heterocycles. The summed E-state index contributed by atoms with van der Waals surface area (Å²) in [4.78, 5) is 0. The number of ether oxygens (including phenoxy) is 1. The first-order chi connectivity index (χ1) is 10.3. The highest BCUT2D eigenvalue weighted by Gasteiger charge is 2.19. The summed E-state index contributed by atoms with van der Waals surface area (Å²) in [6.45, 7) is 2.95. The molecular formula is C17H18N2O2. The van der Waals surface area contributed by atoms with E-state index in [4.69, 9.17) is 9.15 Å². The first kappa shape index (κ1) is 12.7. The van der Waals surface area contributed by atoms with Crippen LogP contribution in [0.5, 0.6) is 0 Å². The molecule has 1 unspecified atom stereocenters. The molecule has 1 atom stereocenters. The summed E-state index contributed by atoms with van der Waals surface area (Å²) in [6.07, 6.45) is 8.87. The molecule has 1 fully saturated rings. The monoisotopic (exact) mass is 282 g/mol. The lowest BCUT2D eigenvalue weighted by Crippen LogP contribution is -2.18. The smallest absolute Gasteiger partial charge is 0.150 e. The van der Waals surface area contributed by atoms with Crippen molar-refractivity contribution >= 4 is 10.9 Å². The Morgan fingerprint density at radius 3 is 3.00 bits per heavy atom. The maximum Gasteiger partial charge on any atom is 0.150 e. The van der Waals surface area contributed by atoms with Crippen LogP contribution >= 0.6 is 0 Å². The summed E-state index contributed by atoms with van der Waals surface area (Å²) in [6, 6.07) is 6.37. The Morgan fingerprint density at radius 2 is 2.24 bits per heavy atom. The molecule has 0 N–H and O–H groups in total. The third-order valence-electron chi connectivity index (χ3n) is 4.20. The van der Waals surface area contributed by atoms with Gasteiger partial charge in [-0.15, -0.1) is 0 Å². The number of aromatic nitrogens is 2. The van der Waals surface area contributed by atoms with E-state index >= 15 is 0 Å². The molecule has 0 spiro atoms. The predicted octanol–water partition coefficient (Wildman–Crippen LogP) is 4.30. The van der Waals surface area contributed by atoms with Crippen molar-refractivity contribution in [2.75, 3.05) is 6.61 Å². The van der Waals surface area contributed by atoms with E-state index in [0.29, 0.717) is 0 Å². The Balaban J connectivity index is 1.84. The van der Waals surface area contributed by atoms with Crippen LogP contribution in [0.25, 0.3) is 22.0 Å². The number of aryl methyl sites for hydroxylation is 1. The van der Waals surface area contributed by atoms with Gasteiger partial charge in [0.15, 0.2) is 6.23 Å². The molecule has 4 heteroatoms. The quantitative estimate of drug-likeness (QED) is 0.703. The Kier molecular flexibility index (Phi) is 3.04. The maximum atomic E-state index is 5.87. The molecule has 1 saturated heterocycles. The summed E-state index contributed by atoms with van der Waals surface area (Å²) in [5.74, 6) is 0. The van der Waals surface area contributed by atoms with Crippen molar-refractivity contribution < 1.29 is 9.15 Å². The van der Waals surface area contributed by atoms with Gasteiger partial charge >= 0.3 is 0 Å². The predicted molar refractivity (Wildman–Crippen MR) is 81.0 cm³/mol. The van der Waals surface area contributed by atoms with Gasteiger partial charge in [0.2, 0.25) is 0 Å². The van der Waals surface area contributed by atoms with Crippen molar-refractivity contribution in [3.05, 3.63) is 42.5 Å². The van der Waals surface area contributed by atoms with Crippen molar-refractivity contribution in [3.8, 4) is 11.1 Å². The van der Waals surface area contributed by atoms with E-state index in [0.717, 1.165) is 35.9 Å². The summed E-state index contributed by atoms with van der Waals surface area (Å²) in [5.41, 5.74) is 4.65. The molecule has 3 heterocycles. The van der Waals surface area contributed by atoms with Crippen molar-refractivity contribution in [3.63, 3.8) is 0 Å². The standard InChI is InChI=1S/C17H18N2O2/c1-12-8-14-10-18-19(17-4-2-3-6-21-17)16(14)9-15(12)13-5-7-20-11-13/h5,7-11,17H,2-4,6H2,1H3. The van der Waals surface area contributed by atoms with Gasteiger partial charge in [0.05, 0.1) is 24.2 Å². The van der Waals surface area contributed by atoms with Crippen LogP contribution in [0.2, 0.25) is 0 Å². The fraction of sp³-hybridized carbons (Fsp3) is 0.353. The third kappa shape index (κ3) is 2.16. The second-order valence-electron chi connectivity index (χ2n) is 5.65. The van der Waals surface area contributed by atoms with E-state index in [1.54, 1.807) is 12.5 Å². The number of hydrogen-bond donors (Lipinski definition) is 0. The van der Waals surface area contributed by atoms with Crippen molar-refractivity contribution in [1.82, 2.24) is 9.78 Å². The number of rotatable bonds is 2. The van der Waals surface area contributed by atoms with Gasteiger partial charge in [-0.2, -0.15) is 5.10 Å². The normalized spacial score (nSPS) is 19.2. The highest BCUT2D eigenvalue weighted by atomic mass is 16.5. The summed E-state index contributed by atoms with van der Waals surface area (Å²) >= 11 is 0. The van der Waals surface area contributed by atoms with E-state index in [2.05, 4.69) is 24.2 Å².